The highest BCUT2D eigenvalue weighted by Gasteiger charge is 2.42. The lowest BCUT2D eigenvalue weighted by molar-refractivity contribution is -0.147. The van der Waals surface area contributed by atoms with Gasteiger partial charge >= 0.3 is 5.97 Å². The first-order chi connectivity index (χ1) is 6.90. The number of nitrogens with zero attached hydrogens (tertiary/aromatic N) is 1. The largest absolute Gasteiger partial charge is 0.481 e. The molecule has 2 atom stereocenters. The van der Waals surface area contributed by atoms with Crippen molar-refractivity contribution in [2.45, 2.75) is 32.7 Å². The molecule has 0 aliphatic carbocycles. The van der Waals surface area contributed by atoms with Crippen molar-refractivity contribution in [3.05, 3.63) is 0 Å². The molecule has 0 bridgehead atoms. The molecule has 1 amide bonds. The number of aliphatic carboxylic acids is 1. The van der Waals surface area contributed by atoms with Gasteiger partial charge in [0, 0.05) is 13.1 Å². The fourth-order valence-corrected chi connectivity index (χ4v) is 1.73. The van der Waals surface area contributed by atoms with Crippen LogP contribution in [0.15, 0.2) is 0 Å². The van der Waals surface area contributed by atoms with E-state index in [9.17, 15) is 9.59 Å². The summed E-state index contributed by atoms with van der Waals surface area (Å²) in [4.78, 5) is 24.2. The number of carbonyl (C=O) groups excluding carboxylic acids is 1. The smallest absolute Gasteiger partial charge is 0.311 e. The predicted octanol–water partition coefficient (Wildman–Crippen LogP) is 0.0469. The predicted molar refractivity (Wildman–Crippen MR) is 55.2 cm³/mol. The second kappa shape index (κ2) is 4.18. The van der Waals surface area contributed by atoms with Crippen LogP contribution in [0.4, 0.5) is 0 Å². The van der Waals surface area contributed by atoms with E-state index in [1.807, 2.05) is 6.92 Å². The van der Waals surface area contributed by atoms with Crippen molar-refractivity contribution in [3.8, 4) is 0 Å². The van der Waals surface area contributed by atoms with Crippen molar-refractivity contribution < 1.29 is 14.7 Å². The lowest BCUT2D eigenvalue weighted by atomic mass is 9.90. The molecule has 1 rings (SSSR count). The monoisotopic (exact) mass is 214 g/mol. The van der Waals surface area contributed by atoms with Crippen LogP contribution in [0.3, 0.4) is 0 Å². The second-order valence-corrected chi connectivity index (χ2v) is 4.39. The molecule has 86 valence electrons. The van der Waals surface area contributed by atoms with E-state index in [0.717, 1.165) is 0 Å². The Morgan fingerprint density at radius 1 is 1.60 bits per heavy atom. The third kappa shape index (κ3) is 2.28. The number of hydrogen-bond donors (Lipinski definition) is 2. The first-order valence-corrected chi connectivity index (χ1v) is 5.18. The molecule has 1 saturated heterocycles. The second-order valence-electron chi connectivity index (χ2n) is 4.39. The van der Waals surface area contributed by atoms with E-state index in [1.54, 1.807) is 11.8 Å². The molecule has 5 heteroatoms. The molecule has 5 nitrogen and oxygen atoms in total. The van der Waals surface area contributed by atoms with Crippen LogP contribution in [-0.2, 0) is 9.59 Å². The van der Waals surface area contributed by atoms with Crippen molar-refractivity contribution in [2.24, 2.45) is 11.1 Å². The van der Waals surface area contributed by atoms with Crippen LogP contribution in [0.2, 0.25) is 0 Å². The lowest BCUT2D eigenvalue weighted by Crippen LogP contribution is -2.43. The third-order valence-corrected chi connectivity index (χ3v) is 3.06. The summed E-state index contributed by atoms with van der Waals surface area (Å²) in [6.45, 7) is 4.28. The number of carboxylic acid groups (broad SMARTS) is 1. The van der Waals surface area contributed by atoms with Crippen molar-refractivity contribution in [2.75, 3.05) is 13.1 Å². The summed E-state index contributed by atoms with van der Waals surface area (Å²) in [6.07, 6.45) is 1.09. The zero-order valence-electron chi connectivity index (χ0n) is 9.19. The summed E-state index contributed by atoms with van der Waals surface area (Å²) >= 11 is 0. The van der Waals surface area contributed by atoms with E-state index >= 15 is 0 Å². The lowest BCUT2D eigenvalue weighted by Gasteiger charge is -2.22. The molecule has 1 fully saturated rings. The number of hydrogen-bond acceptors (Lipinski definition) is 3. The van der Waals surface area contributed by atoms with Gasteiger partial charge in [0.05, 0.1) is 11.5 Å². The molecular weight excluding hydrogens is 196 g/mol. The van der Waals surface area contributed by atoms with Gasteiger partial charge < -0.3 is 15.7 Å². The zero-order valence-corrected chi connectivity index (χ0v) is 9.19. The molecule has 0 aromatic rings. The number of likely N-dealkylation sites (tertiary alicyclic amines) is 1. The van der Waals surface area contributed by atoms with E-state index in [4.69, 9.17) is 10.8 Å². The highest BCUT2D eigenvalue weighted by atomic mass is 16.4. The Bertz CT molecular complexity index is 280. The minimum Gasteiger partial charge on any atom is -0.481 e. The van der Waals surface area contributed by atoms with Gasteiger partial charge in [-0.05, 0) is 19.8 Å². The maximum Gasteiger partial charge on any atom is 0.311 e. The summed E-state index contributed by atoms with van der Waals surface area (Å²) in [5.74, 6) is -0.981. The van der Waals surface area contributed by atoms with Crippen LogP contribution >= 0.6 is 0 Å². The summed E-state index contributed by atoms with van der Waals surface area (Å²) in [5.41, 5.74) is 4.82. The number of carbonyl (C=O) groups is 2. The summed E-state index contributed by atoms with van der Waals surface area (Å²) in [7, 11) is 0. The fourth-order valence-electron chi connectivity index (χ4n) is 1.73. The number of nitrogens with two attached hydrogens (primary N) is 1. The third-order valence-electron chi connectivity index (χ3n) is 3.06. The summed E-state index contributed by atoms with van der Waals surface area (Å²) in [6, 6.07) is -0.499. The van der Waals surface area contributed by atoms with Gasteiger partial charge in [-0.1, -0.05) is 6.92 Å². The van der Waals surface area contributed by atoms with Gasteiger partial charge in [0.1, 0.15) is 0 Å². The van der Waals surface area contributed by atoms with Crippen LogP contribution < -0.4 is 5.73 Å². The average Bonchev–Trinajstić information content (AvgIpc) is 2.60. The topological polar surface area (TPSA) is 83.6 Å². The zero-order chi connectivity index (χ0) is 11.6. The Kier molecular flexibility index (Phi) is 3.34. The highest BCUT2D eigenvalue weighted by Crippen LogP contribution is 2.30. The minimum absolute atomic E-state index is 0.137. The van der Waals surface area contributed by atoms with Gasteiger partial charge in [0.15, 0.2) is 0 Å². The molecule has 3 N–H and O–H groups in total. The van der Waals surface area contributed by atoms with E-state index in [1.165, 1.54) is 0 Å². The van der Waals surface area contributed by atoms with E-state index in [0.29, 0.717) is 19.4 Å². The fraction of sp³-hybridized carbons (Fsp3) is 0.800. The Labute approximate surface area is 89.2 Å². The maximum atomic E-state index is 11.7. The quantitative estimate of drug-likeness (QED) is 0.695. The molecule has 0 radical (unpaired) electrons. The first-order valence-electron chi connectivity index (χ1n) is 5.18. The van der Waals surface area contributed by atoms with Crippen LogP contribution in [0.25, 0.3) is 0 Å². The van der Waals surface area contributed by atoms with Crippen LogP contribution in [-0.4, -0.2) is 41.0 Å². The van der Waals surface area contributed by atoms with E-state index in [2.05, 4.69) is 0 Å². The van der Waals surface area contributed by atoms with E-state index in [-0.39, 0.29) is 12.5 Å². The first kappa shape index (κ1) is 12.0. The minimum atomic E-state index is -0.845. The van der Waals surface area contributed by atoms with Gasteiger partial charge in [0.25, 0.3) is 0 Å². The molecule has 0 aromatic carbocycles. The Morgan fingerprint density at radius 2 is 2.20 bits per heavy atom. The van der Waals surface area contributed by atoms with Crippen LogP contribution in [0.5, 0.6) is 0 Å². The van der Waals surface area contributed by atoms with Gasteiger partial charge in [-0.3, -0.25) is 9.59 Å². The van der Waals surface area contributed by atoms with Crippen molar-refractivity contribution in [1.82, 2.24) is 4.90 Å². The normalized spacial score (nSPS) is 27.8. The van der Waals surface area contributed by atoms with Crippen LogP contribution in [0, 0.1) is 5.41 Å². The molecule has 2 unspecified atom stereocenters. The van der Waals surface area contributed by atoms with Gasteiger partial charge in [-0.2, -0.15) is 0 Å². The van der Waals surface area contributed by atoms with Crippen molar-refractivity contribution in [1.29, 1.82) is 0 Å². The Hall–Kier alpha value is -1.10. The standard InChI is InChI=1S/C10H18N2O3/c1-3-7(11)8(13)12-5-4-10(2,6-12)9(14)15/h7H,3-6,11H2,1-2H3,(H,14,15). The molecule has 15 heavy (non-hydrogen) atoms. The molecule has 1 aliphatic heterocycles. The molecular formula is C10H18N2O3. The van der Waals surface area contributed by atoms with Crippen molar-refractivity contribution >= 4 is 11.9 Å². The highest BCUT2D eigenvalue weighted by molar-refractivity contribution is 5.83. The van der Waals surface area contributed by atoms with Gasteiger partial charge in [0.2, 0.25) is 5.91 Å². The van der Waals surface area contributed by atoms with Crippen LogP contribution in [0.1, 0.15) is 26.7 Å². The number of amides is 1. The SMILES string of the molecule is CCC(N)C(=O)N1CCC(C)(C(=O)O)C1. The summed E-state index contributed by atoms with van der Waals surface area (Å²) < 4.78 is 0. The summed E-state index contributed by atoms with van der Waals surface area (Å²) in [5, 5.41) is 9.00. The van der Waals surface area contributed by atoms with E-state index < -0.39 is 17.4 Å². The molecule has 0 saturated carbocycles. The van der Waals surface area contributed by atoms with Gasteiger partial charge in [-0.15, -0.1) is 0 Å². The average molecular weight is 214 g/mol. The van der Waals surface area contributed by atoms with Gasteiger partial charge in [-0.25, -0.2) is 0 Å². The maximum absolute atomic E-state index is 11.7. The number of rotatable bonds is 3. The molecule has 1 aliphatic rings. The molecule has 0 spiro atoms. The number of carboxylic acids is 1. The Balaban J connectivity index is 2.64. The molecule has 0 aromatic heterocycles. The molecule has 1 heterocycles. The Morgan fingerprint density at radius 3 is 2.60 bits per heavy atom. The van der Waals surface area contributed by atoms with Crippen molar-refractivity contribution in [3.63, 3.8) is 0 Å².